The lowest BCUT2D eigenvalue weighted by Gasteiger charge is -2.34. The minimum atomic E-state index is -0.484. The third-order valence-electron chi connectivity index (χ3n) is 5.01. The maximum atomic E-state index is 12.3. The number of nitrogens with zero attached hydrogens (tertiary/aromatic N) is 2. The van der Waals surface area contributed by atoms with Crippen LogP contribution in [0.15, 0.2) is 24.3 Å². The van der Waals surface area contributed by atoms with Crippen molar-refractivity contribution < 1.29 is 9.90 Å². The summed E-state index contributed by atoms with van der Waals surface area (Å²) in [6, 6.07) is 7.51. The molecule has 0 bridgehead atoms. The molecule has 2 atom stereocenters. The second kappa shape index (κ2) is 7.65. The fourth-order valence-corrected chi connectivity index (χ4v) is 3.90. The molecule has 23 heavy (non-hydrogen) atoms. The number of carbonyl (C=O) groups excluding carboxylic acids is 1. The number of likely N-dealkylation sites (tertiary alicyclic amines) is 2. The summed E-state index contributed by atoms with van der Waals surface area (Å²) >= 11 is 6.22. The van der Waals surface area contributed by atoms with Gasteiger partial charge in [0.1, 0.15) is 0 Å². The predicted octanol–water partition coefficient (Wildman–Crippen LogP) is 2.68. The van der Waals surface area contributed by atoms with Crippen LogP contribution >= 0.6 is 11.6 Å². The van der Waals surface area contributed by atoms with Crippen LogP contribution in [-0.2, 0) is 11.3 Å². The smallest absolute Gasteiger partial charge is 0.223 e. The van der Waals surface area contributed by atoms with Crippen molar-refractivity contribution in [1.29, 1.82) is 0 Å². The lowest BCUT2D eigenvalue weighted by molar-refractivity contribution is -0.131. The third-order valence-corrected chi connectivity index (χ3v) is 5.38. The minimum Gasteiger partial charge on any atom is -0.390 e. The second-order valence-corrected chi connectivity index (χ2v) is 7.05. The number of piperidine rings is 1. The molecule has 1 aromatic carbocycles. The van der Waals surface area contributed by atoms with E-state index in [4.69, 9.17) is 11.6 Å². The molecule has 1 amide bonds. The molecule has 0 aromatic heterocycles. The average molecular weight is 337 g/mol. The van der Waals surface area contributed by atoms with Crippen LogP contribution in [-0.4, -0.2) is 52.6 Å². The Morgan fingerprint density at radius 3 is 2.70 bits per heavy atom. The number of carbonyl (C=O) groups is 1. The highest BCUT2D eigenvalue weighted by molar-refractivity contribution is 6.31. The topological polar surface area (TPSA) is 43.8 Å². The molecule has 0 spiro atoms. The number of hydrogen-bond donors (Lipinski definition) is 1. The number of halogens is 1. The lowest BCUT2D eigenvalue weighted by Crippen LogP contribution is -2.47. The molecule has 1 N–H and O–H groups in total. The van der Waals surface area contributed by atoms with Gasteiger partial charge in [-0.05, 0) is 44.0 Å². The molecule has 5 heteroatoms. The van der Waals surface area contributed by atoms with Gasteiger partial charge in [-0.25, -0.2) is 0 Å². The van der Waals surface area contributed by atoms with Crippen LogP contribution < -0.4 is 0 Å². The van der Waals surface area contributed by atoms with Crippen LogP contribution in [0.4, 0.5) is 0 Å². The van der Waals surface area contributed by atoms with Gasteiger partial charge in [0, 0.05) is 24.5 Å². The van der Waals surface area contributed by atoms with Crippen LogP contribution in [0.25, 0.3) is 0 Å². The molecule has 126 valence electrons. The quantitative estimate of drug-likeness (QED) is 0.899. The number of aliphatic hydroxyl groups is 1. The number of rotatable bonds is 5. The van der Waals surface area contributed by atoms with E-state index in [1.54, 1.807) is 0 Å². The van der Waals surface area contributed by atoms with Gasteiger partial charge in [0.25, 0.3) is 0 Å². The van der Waals surface area contributed by atoms with E-state index in [2.05, 4.69) is 4.90 Å². The largest absolute Gasteiger partial charge is 0.390 e. The number of hydrogen-bond acceptors (Lipinski definition) is 3. The molecule has 1 unspecified atom stereocenters. The van der Waals surface area contributed by atoms with Gasteiger partial charge in [0.05, 0.1) is 12.1 Å². The highest BCUT2D eigenvalue weighted by Crippen LogP contribution is 2.27. The summed E-state index contributed by atoms with van der Waals surface area (Å²) in [5.41, 5.74) is 0.944. The first kappa shape index (κ1) is 16.7. The predicted molar refractivity (Wildman–Crippen MR) is 91.3 cm³/mol. The van der Waals surface area contributed by atoms with Crippen molar-refractivity contribution in [2.45, 2.75) is 50.8 Å². The fourth-order valence-electron chi connectivity index (χ4n) is 3.70. The number of benzene rings is 1. The van der Waals surface area contributed by atoms with Crippen LogP contribution in [0.2, 0.25) is 5.02 Å². The monoisotopic (exact) mass is 336 g/mol. The van der Waals surface area contributed by atoms with Crippen molar-refractivity contribution in [1.82, 2.24) is 9.80 Å². The van der Waals surface area contributed by atoms with E-state index in [0.29, 0.717) is 24.5 Å². The van der Waals surface area contributed by atoms with Gasteiger partial charge in [0.2, 0.25) is 5.91 Å². The van der Waals surface area contributed by atoms with Crippen molar-refractivity contribution in [3.8, 4) is 0 Å². The zero-order valence-electron chi connectivity index (χ0n) is 13.5. The Kier molecular flexibility index (Phi) is 5.57. The third kappa shape index (κ3) is 4.06. The molecule has 0 aliphatic carbocycles. The molecule has 1 aromatic rings. The van der Waals surface area contributed by atoms with Crippen molar-refractivity contribution >= 4 is 17.5 Å². The Hall–Kier alpha value is -1.10. The van der Waals surface area contributed by atoms with Gasteiger partial charge in [-0.15, -0.1) is 0 Å². The second-order valence-electron chi connectivity index (χ2n) is 6.65. The Morgan fingerprint density at radius 2 is 1.96 bits per heavy atom. The van der Waals surface area contributed by atoms with Crippen molar-refractivity contribution in [2.75, 3.05) is 19.6 Å². The Labute approximate surface area is 143 Å². The Balaban J connectivity index is 1.65. The normalized spacial score (nSPS) is 24.2. The maximum Gasteiger partial charge on any atom is 0.223 e. The summed E-state index contributed by atoms with van der Waals surface area (Å²) < 4.78 is 0. The van der Waals surface area contributed by atoms with Crippen molar-refractivity contribution in [3.63, 3.8) is 0 Å². The van der Waals surface area contributed by atoms with E-state index in [0.717, 1.165) is 25.1 Å². The molecular formula is C18H25ClN2O2. The van der Waals surface area contributed by atoms with Crippen LogP contribution in [0.5, 0.6) is 0 Å². The molecule has 4 nitrogen and oxygen atoms in total. The number of amides is 1. The molecule has 0 radical (unpaired) electrons. The molecule has 3 rings (SSSR count). The lowest BCUT2D eigenvalue weighted by atomic mass is 10.1. The van der Waals surface area contributed by atoms with E-state index in [1.165, 1.54) is 19.3 Å². The summed E-state index contributed by atoms with van der Waals surface area (Å²) in [5.74, 6) is 0.118. The van der Waals surface area contributed by atoms with E-state index in [1.807, 2.05) is 29.2 Å². The first-order valence-electron chi connectivity index (χ1n) is 8.58. The van der Waals surface area contributed by atoms with E-state index in [9.17, 15) is 9.90 Å². The van der Waals surface area contributed by atoms with Gasteiger partial charge in [-0.3, -0.25) is 4.79 Å². The number of aliphatic hydroxyl groups excluding tert-OH is 1. The van der Waals surface area contributed by atoms with E-state index < -0.39 is 6.10 Å². The van der Waals surface area contributed by atoms with Gasteiger partial charge >= 0.3 is 0 Å². The van der Waals surface area contributed by atoms with Gasteiger partial charge in [-0.2, -0.15) is 0 Å². The van der Waals surface area contributed by atoms with Gasteiger partial charge < -0.3 is 14.9 Å². The molecule has 2 heterocycles. The zero-order chi connectivity index (χ0) is 16.2. The zero-order valence-corrected chi connectivity index (χ0v) is 14.2. The van der Waals surface area contributed by atoms with E-state index >= 15 is 0 Å². The highest BCUT2D eigenvalue weighted by atomic mass is 35.5. The van der Waals surface area contributed by atoms with Crippen molar-refractivity contribution in [2.24, 2.45) is 0 Å². The maximum absolute atomic E-state index is 12.3. The minimum absolute atomic E-state index is 0.0966. The summed E-state index contributed by atoms with van der Waals surface area (Å²) in [4.78, 5) is 16.4. The first-order chi connectivity index (χ1) is 11.1. The van der Waals surface area contributed by atoms with Crippen molar-refractivity contribution in [3.05, 3.63) is 34.9 Å². The van der Waals surface area contributed by atoms with Gasteiger partial charge in [0.15, 0.2) is 0 Å². The molecule has 2 fully saturated rings. The summed E-state index contributed by atoms with van der Waals surface area (Å²) in [6.07, 6.45) is 4.47. The number of β-amino-alcohol motifs (C(OH)–C–C–N with tert-alkyl or cyclic N) is 1. The van der Waals surface area contributed by atoms with Gasteiger partial charge in [-0.1, -0.05) is 36.2 Å². The first-order valence-corrected chi connectivity index (χ1v) is 8.96. The summed E-state index contributed by atoms with van der Waals surface area (Å²) in [5, 5.41) is 11.3. The summed E-state index contributed by atoms with van der Waals surface area (Å²) in [6.45, 7) is 3.27. The molecule has 2 saturated heterocycles. The fraction of sp³-hybridized carbons (Fsp3) is 0.611. The molecule has 2 aliphatic heterocycles. The van der Waals surface area contributed by atoms with Crippen LogP contribution in [0, 0.1) is 0 Å². The Morgan fingerprint density at radius 1 is 1.22 bits per heavy atom. The van der Waals surface area contributed by atoms with E-state index in [-0.39, 0.29) is 11.9 Å². The summed E-state index contributed by atoms with van der Waals surface area (Å²) in [7, 11) is 0. The molecular weight excluding hydrogens is 312 g/mol. The molecule has 2 aliphatic rings. The Bertz CT molecular complexity index is 546. The standard InChI is InChI=1S/C18H25ClN2O2/c19-15-7-3-2-6-14(15)12-21-16(8-9-18(21)23)17(22)13-20-10-4-1-5-11-20/h2-3,6-7,16-17,22H,1,4-5,8-13H2/t16-,17?/m0/s1. The van der Waals surface area contributed by atoms with Crippen LogP contribution in [0.1, 0.15) is 37.7 Å². The highest BCUT2D eigenvalue weighted by Gasteiger charge is 2.36. The van der Waals surface area contributed by atoms with Crippen LogP contribution in [0.3, 0.4) is 0 Å². The molecule has 0 saturated carbocycles. The SMILES string of the molecule is O=C1CC[C@@H](C(O)CN2CCCCC2)N1Cc1ccccc1Cl. The average Bonchev–Trinajstić information content (AvgIpc) is 2.92.